The van der Waals surface area contributed by atoms with Crippen LogP contribution in [0.25, 0.3) is 22.0 Å². The minimum atomic E-state index is -3.95. The van der Waals surface area contributed by atoms with E-state index in [9.17, 15) is 23.1 Å². The number of imidazole rings is 1. The predicted octanol–water partition coefficient (Wildman–Crippen LogP) is 4.36. The number of nitrogens with zero attached hydrogens (tertiary/aromatic N) is 3. The van der Waals surface area contributed by atoms with Gasteiger partial charge in [-0.15, -0.1) is 0 Å². The van der Waals surface area contributed by atoms with Crippen LogP contribution in [-0.4, -0.2) is 91.0 Å². The lowest BCUT2D eigenvalue weighted by Crippen LogP contribution is -2.43. The quantitative estimate of drug-likeness (QED) is 0.192. The van der Waals surface area contributed by atoms with Crippen LogP contribution in [0.5, 0.6) is 5.75 Å². The number of aromatic amines is 1. The molecule has 3 aromatic carbocycles. The number of hydrogen-bond acceptors (Lipinski definition) is 9. The van der Waals surface area contributed by atoms with Gasteiger partial charge in [0.15, 0.2) is 5.76 Å². The summed E-state index contributed by atoms with van der Waals surface area (Å²) in [5, 5.41) is 10.6. The standard InChI is InChI=1S/C37H40N4O9S/c1-47-27-10-12-28(13-11-27)51(45,46)40(18-20-42)19-21-48-35-23-25(30-24-49-33-9-5-2-6-29(30)33)22-34(50-35)36(43)39-16-14-26(15-17-39)41-32-8-4-3-7-31(32)38-37(41)44/h2-13,22,24-26,35,42H,14-21,23H2,1H3,(H,38,44)/t25-,35+/m0/s1. The van der Waals surface area contributed by atoms with Crippen molar-refractivity contribution in [2.75, 3.05) is 46.5 Å². The summed E-state index contributed by atoms with van der Waals surface area (Å²) < 4.78 is 53.1. The van der Waals surface area contributed by atoms with Crippen LogP contribution in [0.2, 0.25) is 0 Å². The van der Waals surface area contributed by atoms with E-state index < -0.39 is 16.3 Å². The maximum absolute atomic E-state index is 14.0. The number of rotatable bonds is 12. The molecular weight excluding hydrogens is 676 g/mol. The molecule has 1 amide bonds. The number of furan rings is 1. The van der Waals surface area contributed by atoms with E-state index in [0.29, 0.717) is 38.1 Å². The van der Waals surface area contributed by atoms with Crippen LogP contribution in [0.1, 0.15) is 36.8 Å². The van der Waals surface area contributed by atoms with Crippen LogP contribution in [0, 0.1) is 0 Å². The van der Waals surface area contributed by atoms with Crippen molar-refractivity contribution < 1.29 is 36.9 Å². The SMILES string of the molecule is COc1ccc(S(=O)(=O)N(CCO)CCO[C@H]2C[C@@H](c3coc4ccccc34)C=C(C(=O)N3CCC(n4c(=O)[nH]c5ccccc54)CC3)O2)cc1. The molecule has 0 radical (unpaired) electrons. The number of nitrogens with one attached hydrogen (secondary N) is 1. The van der Waals surface area contributed by atoms with Crippen LogP contribution in [0.3, 0.4) is 0 Å². The molecule has 0 bridgehead atoms. The number of piperidine rings is 1. The Kier molecular flexibility index (Phi) is 10.0. The molecule has 13 nitrogen and oxygen atoms in total. The largest absolute Gasteiger partial charge is 0.497 e. The van der Waals surface area contributed by atoms with Gasteiger partial charge in [-0.1, -0.05) is 30.3 Å². The van der Waals surface area contributed by atoms with E-state index in [-0.39, 0.29) is 60.5 Å². The van der Waals surface area contributed by atoms with Crippen LogP contribution >= 0.6 is 0 Å². The van der Waals surface area contributed by atoms with E-state index in [1.165, 1.54) is 19.2 Å². The minimum absolute atomic E-state index is 0.0505. The molecule has 2 N–H and O–H groups in total. The number of carbonyl (C=O) groups excluding carboxylic acids is 1. The molecule has 5 aromatic rings. The van der Waals surface area contributed by atoms with Gasteiger partial charge in [0.05, 0.1) is 42.5 Å². The van der Waals surface area contributed by atoms with Gasteiger partial charge in [-0.05, 0) is 61.4 Å². The minimum Gasteiger partial charge on any atom is -0.497 e. The fourth-order valence-electron chi connectivity index (χ4n) is 6.98. The Bertz CT molecular complexity index is 2200. The summed E-state index contributed by atoms with van der Waals surface area (Å²) in [5.41, 5.74) is 3.06. The molecule has 0 unspecified atom stereocenters. The fraction of sp³-hybridized carbons (Fsp3) is 0.351. The molecule has 4 heterocycles. The fourth-order valence-corrected chi connectivity index (χ4v) is 8.39. The summed E-state index contributed by atoms with van der Waals surface area (Å²) in [6.45, 7) is 0.253. The number of H-pyrrole nitrogens is 1. The molecule has 2 aliphatic heterocycles. The highest BCUT2D eigenvalue weighted by atomic mass is 32.2. The second-order valence-corrected chi connectivity index (χ2v) is 14.6. The third-order valence-corrected chi connectivity index (χ3v) is 11.5. The number of ether oxygens (including phenoxy) is 3. The number of likely N-dealkylation sites (tertiary alicyclic amines) is 1. The molecule has 0 aliphatic carbocycles. The van der Waals surface area contributed by atoms with Crippen molar-refractivity contribution >= 4 is 37.9 Å². The number of aromatic nitrogens is 2. The molecule has 0 saturated carbocycles. The van der Waals surface area contributed by atoms with E-state index in [4.69, 9.17) is 18.6 Å². The zero-order valence-corrected chi connectivity index (χ0v) is 29.0. The van der Waals surface area contributed by atoms with Gasteiger partial charge in [0.25, 0.3) is 5.91 Å². The first-order chi connectivity index (χ1) is 24.8. The molecule has 51 heavy (non-hydrogen) atoms. The summed E-state index contributed by atoms with van der Waals surface area (Å²) in [7, 11) is -2.45. The first kappa shape index (κ1) is 34.6. The van der Waals surface area contributed by atoms with E-state index in [0.717, 1.165) is 31.9 Å². The second-order valence-electron chi connectivity index (χ2n) is 12.6. The summed E-state index contributed by atoms with van der Waals surface area (Å²) in [6.07, 6.45) is 4.18. The van der Waals surface area contributed by atoms with Crippen LogP contribution < -0.4 is 10.4 Å². The number of amides is 1. The Labute approximate surface area is 294 Å². The second kappa shape index (κ2) is 14.8. The van der Waals surface area contributed by atoms with Gasteiger partial charge in [-0.2, -0.15) is 4.31 Å². The number of hydrogen-bond donors (Lipinski definition) is 2. The zero-order valence-electron chi connectivity index (χ0n) is 28.1. The normalized spacial score (nSPS) is 18.6. The number of aliphatic hydroxyl groups excluding tert-OH is 1. The monoisotopic (exact) mass is 716 g/mol. The van der Waals surface area contributed by atoms with Crippen molar-refractivity contribution in [3.63, 3.8) is 0 Å². The van der Waals surface area contributed by atoms with Crippen molar-refractivity contribution in [2.24, 2.45) is 0 Å². The molecule has 268 valence electrons. The number of methoxy groups -OCH3 is 1. The molecule has 2 aromatic heterocycles. The lowest BCUT2D eigenvalue weighted by atomic mass is 9.92. The number of fused-ring (bicyclic) bond motifs is 2. The molecule has 1 fully saturated rings. The highest BCUT2D eigenvalue weighted by molar-refractivity contribution is 7.89. The van der Waals surface area contributed by atoms with Gasteiger partial charge >= 0.3 is 5.69 Å². The van der Waals surface area contributed by atoms with Crippen molar-refractivity contribution in [2.45, 2.75) is 42.4 Å². The first-order valence-electron chi connectivity index (χ1n) is 17.0. The lowest BCUT2D eigenvalue weighted by molar-refractivity contribution is -0.153. The van der Waals surface area contributed by atoms with E-state index >= 15 is 0 Å². The smallest absolute Gasteiger partial charge is 0.326 e. The molecule has 7 rings (SSSR count). The number of benzene rings is 3. The Balaban J connectivity index is 1.07. The maximum Gasteiger partial charge on any atom is 0.326 e. The zero-order chi connectivity index (χ0) is 35.5. The molecule has 2 aliphatic rings. The van der Waals surface area contributed by atoms with Crippen molar-refractivity contribution in [1.29, 1.82) is 0 Å². The van der Waals surface area contributed by atoms with Crippen LogP contribution in [0.4, 0.5) is 0 Å². The maximum atomic E-state index is 14.0. The first-order valence-corrected chi connectivity index (χ1v) is 18.4. The Hall–Kier alpha value is -4.89. The van der Waals surface area contributed by atoms with Gasteiger partial charge in [-0.3, -0.25) is 9.36 Å². The van der Waals surface area contributed by atoms with Crippen molar-refractivity contribution in [3.05, 3.63) is 107 Å². The summed E-state index contributed by atoms with van der Waals surface area (Å²) in [5.74, 6) is 0.0929. The summed E-state index contributed by atoms with van der Waals surface area (Å²) in [4.78, 5) is 31.5. The predicted molar refractivity (Wildman–Crippen MR) is 189 cm³/mol. The van der Waals surface area contributed by atoms with Gasteiger partial charge in [0, 0.05) is 55.5 Å². The van der Waals surface area contributed by atoms with E-state index in [2.05, 4.69) is 4.98 Å². The van der Waals surface area contributed by atoms with Crippen molar-refractivity contribution in [3.8, 4) is 5.75 Å². The number of aliphatic hydroxyl groups is 1. The summed E-state index contributed by atoms with van der Waals surface area (Å²) in [6, 6.07) is 21.2. The molecular formula is C37H40N4O9S. The number of sulfonamides is 1. The third-order valence-electron chi connectivity index (χ3n) is 9.61. The topological polar surface area (TPSA) is 157 Å². The summed E-state index contributed by atoms with van der Waals surface area (Å²) >= 11 is 0. The molecule has 1 saturated heterocycles. The number of allylic oxidation sites excluding steroid dienone is 1. The van der Waals surface area contributed by atoms with Crippen molar-refractivity contribution in [1.82, 2.24) is 18.8 Å². The highest BCUT2D eigenvalue weighted by Gasteiger charge is 2.35. The van der Waals surface area contributed by atoms with Crippen LogP contribution in [0.15, 0.2) is 105 Å². The third kappa shape index (κ3) is 7.04. The highest BCUT2D eigenvalue weighted by Crippen LogP contribution is 2.37. The Morgan fingerprint density at radius 2 is 1.76 bits per heavy atom. The average Bonchev–Trinajstić information content (AvgIpc) is 3.74. The van der Waals surface area contributed by atoms with E-state index in [1.54, 1.807) is 27.9 Å². The van der Waals surface area contributed by atoms with Gasteiger partial charge in [-0.25, -0.2) is 13.2 Å². The van der Waals surface area contributed by atoms with E-state index in [1.807, 2.05) is 54.6 Å². The number of carbonyl (C=O) groups is 1. The van der Waals surface area contributed by atoms with Gasteiger partial charge in [0.1, 0.15) is 11.3 Å². The van der Waals surface area contributed by atoms with Gasteiger partial charge in [0.2, 0.25) is 16.3 Å². The Morgan fingerprint density at radius 1 is 1.02 bits per heavy atom. The molecule has 0 spiro atoms. The van der Waals surface area contributed by atoms with Crippen LogP contribution in [-0.2, 0) is 24.3 Å². The molecule has 14 heteroatoms. The average molecular weight is 717 g/mol. The Morgan fingerprint density at radius 3 is 2.53 bits per heavy atom. The lowest BCUT2D eigenvalue weighted by Gasteiger charge is -2.35. The number of para-hydroxylation sites is 3. The van der Waals surface area contributed by atoms with Gasteiger partial charge < -0.3 is 33.6 Å². The molecule has 2 atom stereocenters.